The molecule has 0 spiro atoms. The van der Waals surface area contributed by atoms with Crippen LogP contribution in [0.5, 0.6) is 0 Å². The van der Waals surface area contributed by atoms with Gasteiger partial charge in [-0.3, -0.25) is 4.79 Å². The Labute approximate surface area is 187 Å². The van der Waals surface area contributed by atoms with Crippen molar-refractivity contribution in [3.05, 3.63) is 47.5 Å². The van der Waals surface area contributed by atoms with Crippen molar-refractivity contribution >= 4 is 5.97 Å². The number of rotatable bonds is 1. The van der Waals surface area contributed by atoms with Crippen LogP contribution in [0.2, 0.25) is 0 Å². The summed E-state index contributed by atoms with van der Waals surface area (Å²) in [6.45, 7) is 6.62. The topological polar surface area (TPSA) is 26.3 Å². The van der Waals surface area contributed by atoms with Crippen LogP contribution in [-0.2, 0) is 9.53 Å². The van der Waals surface area contributed by atoms with Gasteiger partial charge in [0.05, 0.1) is 0 Å². The summed E-state index contributed by atoms with van der Waals surface area (Å²) in [7, 11) is 0. The van der Waals surface area contributed by atoms with Gasteiger partial charge in [-0.2, -0.15) is 0 Å². The molecule has 2 nitrogen and oxygen atoms in total. The van der Waals surface area contributed by atoms with E-state index in [1.807, 2.05) is 0 Å². The Morgan fingerprint density at radius 2 is 1.81 bits per heavy atom. The second-order valence-electron chi connectivity index (χ2n) is 11.1. The first kappa shape index (κ1) is 20.9. The van der Waals surface area contributed by atoms with E-state index in [2.05, 4.69) is 62.1 Å². The molecule has 31 heavy (non-hydrogen) atoms. The van der Waals surface area contributed by atoms with Crippen LogP contribution in [0.4, 0.5) is 0 Å². The van der Waals surface area contributed by atoms with Gasteiger partial charge in [0.2, 0.25) is 0 Å². The number of ether oxygens (including phenoxy) is 1. The zero-order chi connectivity index (χ0) is 21.6. The molecule has 0 unspecified atom stereocenters. The highest BCUT2D eigenvalue weighted by molar-refractivity contribution is 5.66. The molecule has 2 heteroatoms. The third kappa shape index (κ3) is 3.55. The van der Waals surface area contributed by atoms with Crippen molar-refractivity contribution < 1.29 is 9.53 Å². The molecule has 0 N–H and O–H groups in total. The SMILES string of the molecule is CC(=O)O[C@@H]1CC[C@@]2(C)[C@@H](CC[C@@H]3[C@@H]2CC[C@]2(C)C(C#Cc4ccccc4)=CC[C@@H]32)C1. The van der Waals surface area contributed by atoms with Crippen LogP contribution in [0.25, 0.3) is 0 Å². The van der Waals surface area contributed by atoms with E-state index in [0.717, 1.165) is 36.2 Å². The second-order valence-corrected chi connectivity index (χ2v) is 11.1. The molecule has 1 aromatic carbocycles. The van der Waals surface area contributed by atoms with Crippen molar-refractivity contribution in [3.8, 4) is 11.8 Å². The molecule has 0 amide bonds. The van der Waals surface area contributed by atoms with Crippen LogP contribution in [0.3, 0.4) is 0 Å². The van der Waals surface area contributed by atoms with E-state index >= 15 is 0 Å². The summed E-state index contributed by atoms with van der Waals surface area (Å²) in [5, 5.41) is 0. The standard InChI is InChI=1S/C29H36O2/c1-20(30)31-24-15-17-29(3)23(19-24)11-13-25-26-14-12-22(28(26,2)18-16-27(25)29)10-9-21-7-5-4-6-8-21/h4-8,12,23-27H,11,13-19H2,1-3H3/t23-,24+,25-,26-,27-,28+,29-/m0/s1. The van der Waals surface area contributed by atoms with E-state index in [4.69, 9.17) is 4.74 Å². The monoisotopic (exact) mass is 416 g/mol. The largest absolute Gasteiger partial charge is 0.463 e. The third-order valence-electron chi connectivity index (χ3n) is 9.65. The van der Waals surface area contributed by atoms with Gasteiger partial charge < -0.3 is 4.74 Å². The first-order valence-electron chi connectivity index (χ1n) is 12.3. The average molecular weight is 417 g/mol. The van der Waals surface area contributed by atoms with E-state index in [0.29, 0.717) is 11.3 Å². The van der Waals surface area contributed by atoms with Crippen LogP contribution in [0.15, 0.2) is 42.0 Å². The molecule has 1 aromatic rings. The smallest absolute Gasteiger partial charge is 0.302 e. The minimum Gasteiger partial charge on any atom is -0.463 e. The predicted molar refractivity (Wildman–Crippen MR) is 124 cm³/mol. The summed E-state index contributed by atoms with van der Waals surface area (Å²) in [5.41, 5.74) is 3.17. The molecular weight excluding hydrogens is 380 g/mol. The maximum absolute atomic E-state index is 11.5. The third-order valence-corrected chi connectivity index (χ3v) is 9.65. The molecule has 7 atom stereocenters. The quantitative estimate of drug-likeness (QED) is 0.383. The van der Waals surface area contributed by atoms with Gasteiger partial charge in [0, 0.05) is 23.5 Å². The van der Waals surface area contributed by atoms with Gasteiger partial charge in [0.15, 0.2) is 0 Å². The summed E-state index contributed by atoms with van der Waals surface area (Å²) in [5.74, 6) is 9.99. The summed E-state index contributed by atoms with van der Waals surface area (Å²) in [4.78, 5) is 11.5. The molecule has 0 saturated heterocycles. The maximum Gasteiger partial charge on any atom is 0.302 e. The molecule has 4 aliphatic rings. The van der Waals surface area contributed by atoms with E-state index in [9.17, 15) is 4.79 Å². The maximum atomic E-state index is 11.5. The fraction of sp³-hybridized carbons (Fsp3) is 0.621. The number of hydrogen-bond donors (Lipinski definition) is 0. The molecule has 0 radical (unpaired) electrons. The Hall–Kier alpha value is -2.01. The van der Waals surface area contributed by atoms with E-state index < -0.39 is 0 Å². The Balaban J connectivity index is 1.33. The van der Waals surface area contributed by atoms with Crippen molar-refractivity contribution in [2.24, 2.45) is 34.5 Å². The van der Waals surface area contributed by atoms with E-state index in [1.54, 1.807) is 6.92 Å². The summed E-state index contributed by atoms with van der Waals surface area (Å²) >= 11 is 0. The number of benzene rings is 1. The Morgan fingerprint density at radius 1 is 1.00 bits per heavy atom. The number of carbonyl (C=O) groups is 1. The molecule has 4 aliphatic carbocycles. The fourth-order valence-electron chi connectivity index (χ4n) is 7.98. The first-order chi connectivity index (χ1) is 14.9. The van der Waals surface area contributed by atoms with Gasteiger partial charge in [-0.25, -0.2) is 0 Å². The van der Waals surface area contributed by atoms with Crippen LogP contribution < -0.4 is 0 Å². The molecule has 0 heterocycles. The predicted octanol–water partition coefficient (Wildman–Crippen LogP) is 6.55. The summed E-state index contributed by atoms with van der Waals surface area (Å²) in [6, 6.07) is 10.4. The fourth-order valence-corrected chi connectivity index (χ4v) is 7.98. The number of carbonyl (C=O) groups excluding carboxylic acids is 1. The first-order valence-corrected chi connectivity index (χ1v) is 12.3. The molecule has 0 aliphatic heterocycles. The van der Waals surface area contributed by atoms with Gasteiger partial charge in [-0.1, -0.05) is 50.0 Å². The van der Waals surface area contributed by atoms with Crippen molar-refractivity contribution in [3.63, 3.8) is 0 Å². The molecule has 0 aromatic heterocycles. The van der Waals surface area contributed by atoms with Crippen LogP contribution in [0, 0.1) is 46.3 Å². The highest BCUT2D eigenvalue weighted by Crippen LogP contribution is 2.66. The van der Waals surface area contributed by atoms with Gasteiger partial charge in [-0.05, 0) is 92.6 Å². The lowest BCUT2D eigenvalue weighted by Gasteiger charge is -2.60. The summed E-state index contributed by atoms with van der Waals surface area (Å²) in [6.07, 6.45) is 12.4. The molecule has 3 fully saturated rings. The van der Waals surface area contributed by atoms with Crippen molar-refractivity contribution in [1.29, 1.82) is 0 Å². The highest BCUT2D eigenvalue weighted by Gasteiger charge is 2.58. The molecular formula is C29H36O2. The van der Waals surface area contributed by atoms with Crippen molar-refractivity contribution in [2.75, 3.05) is 0 Å². The second kappa shape index (κ2) is 7.84. The highest BCUT2D eigenvalue weighted by atomic mass is 16.5. The number of esters is 1. The van der Waals surface area contributed by atoms with Gasteiger partial charge in [0.1, 0.15) is 6.10 Å². The van der Waals surface area contributed by atoms with Gasteiger partial charge in [0.25, 0.3) is 0 Å². The lowest BCUT2D eigenvalue weighted by Crippen LogP contribution is -2.53. The van der Waals surface area contributed by atoms with E-state index in [1.165, 1.54) is 44.1 Å². The van der Waals surface area contributed by atoms with Crippen molar-refractivity contribution in [2.45, 2.75) is 78.2 Å². The lowest BCUT2D eigenvalue weighted by molar-refractivity contribution is -0.158. The molecule has 164 valence electrons. The van der Waals surface area contributed by atoms with Crippen LogP contribution in [-0.4, -0.2) is 12.1 Å². The average Bonchev–Trinajstić information content (AvgIpc) is 3.09. The molecule has 5 rings (SSSR count). The molecule has 3 saturated carbocycles. The summed E-state index contributed by atoms with van der Waals surface area (Å²) < 4.78 is 5.62. The minimum absolute atomic E-state index is 0.114. The normalized spacial score (nSPS) is 41.0. The van der Waals surface area contributed by atoms with Crippen molar-refractivity contribution in [1.82, 2.24) is 0 Å². The molecule has 0 bridgehead atoms. The van der Waals surface area contributed by atoms with E-state index in [-0.39, 0.29) is 17.5 Å². The minimum atomic E-state index is -0.114. The van der Waals surface area contributed by atoms with Gasteiger partial charge >= 0.3 is 5.97 Å². The number of hydrogen-bond acceptors (Lipinski definition) is 2. The Kier molecular flexibility index (Phi) is 5.28. The zero-order valence-corrected chi connectivity index (χ0v) is 19.3. The Morgan fingerprint density at radius 3 is 2.58 bits per heavy atom. The lowest BCUT2D eigenvalue weighted by atomic mass is 9.44. The van der Waals surface area contributed by atoms with Crippen LogP contribution >= 0.6 is 0 Å². The van der Waals surface area contributed by atoms with Gasteiger partial charge in [-0.15, -0.1) is 0 Å². The number of fused-ring (bicyclic) bond motifs is 5. The van der Waals surface area contributed by atoms with Crippen LogP contribution in [0.1, 0.15) is 77.7 Å². The number of allylic oxidation sites excluding steroid dienone is 2. The zero-order valence-electron chi connectivity index (χ0n) is 19.3. The Bertz CT molecular complexity index is 934.